The maximum atomic E-state index is 10.8. The normalized spacial score (nSPS) is 10.8. The number of carboxylic acids is 1. The number of carbonyl (C=O) groups is 1. The Labute approximate surface area is 90.1 Å². The number of nitrogens with zero attached hydrogens (tertiary/aromatic N) is 2. The Morgan fingerprint density at radius 1 is 1.77 bits per heavy atom. The van der Waals surface area contributed by atoms with Crippen LogP contribution in [0.15, 0.2) is 6.07 Å². The number of hydrogen-bond acceptors (Lipinski definition) is 2. The standard InChI is InChI=1S/C8H11IN2O2/c1-5(2)4-11-6(8(12)13)3-7(9)10-11/h3,5H,4H2,1-2H3,(H,12,13). The van der Waals surface area contributed by atoms with Crippen molar-refractivity contribution in [1.82, 2.24) is 9.78 Å². The summed E-state index contributed by atoms with van der Waals surface area (Å²) in [7, 11) is 0. The van der Waals surface area contributed by atoms with Crippen LogP contribution < -0.4 is 0 Å². The highest BCUT2D eigenvalue weighted by molar-refractivity contribution is 14.1. The first kappa shape index (κ1) is 10.5. The monoisotopic (exact) mass is 294 g/mol. The van der Waals surface area contributed by atoms with Gasteiger partial charge < -0.3 is 5.11 Å². The lowest BCUT2D eigenvalue weighted by Gasteiger charge is -2.06. The molecule has 0 atom stereocenters. The molecule has 0 aromatic carbocycles. The number of aromatic carboxylic acids is 1. The van der Waals surface area contributed by atoms with E-state index in [1.807, 2.05) is 36.4 Å². The molecule has 0 amide bonds. The molecule has 1 rings (SSSR count). The topological polar surface area (TPSA) is 55.1 Å². The van der Waals surface area contributed by atoms with E-state index >= 15 is 0 Å². The molecular formula is C8H11IN2O2. The number of halogens is 1. The second-order valence-electron chi connectivity index (χ2n) is 3.23. The van der Waals surface area contributed by atoms with Crippen LogP contribution >= 0.6 is 22.6 Å². The Balaban J connectivity index is 2.97. The molecule has 0 aliphatic carbocycles. The average molecular weight is 294 g/mol. The van der Waals surface area contributed by atoms with Crippen LogP contribution in [0.5, 0.6) is 0 Å². The van der Waals surface area contributed by atoms with Gasteiger partial charge in [-0.1, -0.05) is 13.8 Å². The highest BCUT2D eigenvalue weighted by atomic mass is 127. The zero-order valence-electron chi connectivity index (χ0n) is 7.49. The molecule has 5 heteroatoms. The summed E-state index contributed by atoms with van der Waals surface area (Å²) in [4.78, 5) is 10.8. The van der Waals surface area contributed by atoms with Gasteiger partial charge in [0.15, 0.2) is 0 Å². The van der Waals surface area contributed by atoms with Gasteiger partial charge in [0.25, 0.3) is 0 Å². The van der Waals surface area contributed by atoms with E-state index in [4.69, 9.17) is 5.11 Å². The van der Waals surface area contributed by atoms with E-state index in [2.05, 4.69) is 5.10 Å². The Hall–Kier alpha value is -0.590. The highest BCUT2D eigenvalue weighted by Crippen LogP contribution is 2.09. The zero-order chi connectivity index (χ0) is 10.0. The van der Waals surface area contributed by atoms with E-state index in [9.17, 15) is 4.79 Å². The number of carboxylic acid groups (broad SMARTS) is 1. The molecule has 0 saturated carbocycles. The van der Waals surface area contributed by atoms with E-state index < -0.39 is 5.97 Å². The lowest BCUT2D eigenvalue weighted by Crippen LogP contribution is -2.13. The number of rotatable bonds is 3. The second kappa shape index (κ2) is 4.08. The zero-order valence-corrected chi connectivity index (χ0v) is 9.65. The van der Waals surface area contributed by atoms with Crippen molar-refractivity contribution in [1.29, 1.82) is 0 Å². The van der Waals surface area contributed by atoms with Crippen molar-refractivity contribution < 1.29 is 9.90 Å². The van der Waals surface area contributed by atoms with Crippen LogP contribution in [0.25, 0.3) is 0 Å². The predicted octanol–water partition coefficient (Wildman–Crippen LogP) is 1.84. The van der Waals surface area contributed by atoms with E-state index in [-0.39, 0.29) is 5.69 Å². The highest BCUT2D eigenvalue weighted by Gasteiger charge is 2.13. The van der Waals surface area contributed by atoms with Crippen LogP contribution in [0.1, 0.15) is 24.3 Å². The van der Waals surface area contributed by atoms with Gasteiger partial charge in [0.2, 0.25) is 0 Å². The summed E-state index contributed by atoms with van der Waals surface area (Å²) < 4.78 is 2.25. The van der Waals surface area contributed by atoms with Crippen LogP contribution in [0, 0.1) is 9.62 Å². The minimum absolute atomic E-state index is 0.262. The minimum atomic E-state index is -0.920. The van der Waals surface area contributed by atoms with Crippen molar-refractivity contribution in [2.24, 2.45) is 5.92 Å². The van der Waals surface area contributed by atoms with Crippen LogP contribution in [0.2, 0.25) is 0 Å². The first-order valence-corrected chi connectivity index (χ1v) is 5.05. The van der Waals surface area contributed by atoms with Gasteiger partial charge in [-0.15, -0.1) is 0 Å². The third-order valence-electron chi connectivity index (χ3n) is 1.51. The van der Waals surface area contributed by atoms with E-state index in [1.165, 1.54) is 4.68 Å². The van der Waals surface area contributed by atoms with E-state index in [1.54, 1.807) is 6.07 Å². The van der Waals surface area contributed by atoms with Crippen molar-refractivity contribution >= 4 is 28.6 Å². The van der Waals surface area contributed by atoms with Crippen molar-refractivity contribution in [2.75, 3.05) is 0 Å². The molecule has 0 radical (unpaired) electrons. The molecule has 1 N–H and O–H groups in total. The molecule has 0 aliphatic heterocycles. The molecule has 0 fully saturated rings. The Kier molecular flexibility index (Phi) is 3.29. The molecule has 1 aromatic rings. The molecule has 0 unspecified atom stereocenters. The fourth-order valence-electron chi connectivity index (χ4n) is 1.04. The van der Waals surface area contributed by atoms with Crippen LogP contribution in [-0.2, 0) is 6.54 Å². The van der Waals surface area contributed by atoms with Gasteiger partial charge in [-0.05, 0) is 28.5 Å². The summed E-state index contributed by atoms with van der Waals surface area (Å²) in [6.07, 6.45) is 0. The first-order valence-electron chi connectivity index (χ1n) is 3.97. The fourth-order valence-corrected chi connectivity index (χ4v) is 1.60. The summed E-state index contributed by atoms with van der Waals surface area (Å²) in [5, 5.41) is 12.9. The van der Waals surface area contributed by atoms with Gasteiger partial charge in [0.05, 0.1) is 0 Å². The molecule has 4 nitrogen and oxygen atoms in total. The van der Waals surface area contributed by atoms with Crippen LogP contribution in [0.4, 0.5) is 0 Å². The summed E-state index contributed by atoms with van der Waals surface area (Å²) in [6.45, 7) is 4.70. The van der Waals surface area contributed by atoms with Gasteiger partial charge in [-0.2, -0.15) is 5.10 Å². The van der Waals surface area contributed by atoms with Crippen molar-refractivity contribution in [3.63, 3.8) is 0 Å². The summed E-state index contributed by atoms with van der Waals surface area (Å²) in [5.41, 5.74) is 0.262. The summed E-state index contributed by atoms with van der Waals surface area (Å²) >= 11 is 2.01. The molecule has 1 aromatic heterocycles. The first-order chi connectivity index (χ1) is 6.00. The second-order valence-corrected chi connectivity index (χ2v) is 4.34. The molecule has 72 valence electrons. The van der Waals surface area contributed by atoms with Gasteiger partial charge in [0.1, 0.15) is 9.39 Å². The SMILES string of the molecule is CC(C)Cn1nc(I)cc1C(=O)O. The molecule has 0 spiro atoms. The number of hydrogen-bond donors (Lipinski definition) is 1. The van der Waals surface area contributed by atoms with Gasteiger partial charge >= 0.3 is 5.97 Å². The molecule has 1 heterocycles. The lowest BCUT2D eigenvalue weighted by atomic mass is 10.2. The van der Waals surface area contributed by atoms with Crippen LogP contribution in [-0.4, -0.2) is 20.9 Å². The van der Waals surface area contributed by atoms with Crippen LogP contribution in [0.3, 0.4) is 0 Å². The Morgan fingerprint density at radius 3 is 2.85 bits per heavy atom. The van der Waals surface area contributed by atoms with Crippen molar-refractivity contribution in [3.8, 4) is 0 Å². The van der Waals surface area contributed by atoms with Crippen molar-refractivity contribution in [2.45, 2.75) is 20.4 Å². The fraction of sp³-hybridized carbons (Fsp3) is 0.500. The summed E-state index contributed by atoms with van der Waals surface area (Å²) in [5.74, 6) is -0.523. The Bertz CT molecular complexity index is 320. The molecule has 13 heavy (non-hydrogen) atoms. The molecule has 0 bridgehead atoms. The molecular weight excluding hydrogens is 283 g/mol. The number of aromatic nitrogens is 2. The third kappa shape index (κ3) is 2.68. The largest absolute Gasteiger partial charge is 0.477 e. The smallest absolute Gasteiger partial charge is 0.354 e. The average Bonchev–Trinajstić information content (AvgIpc) is 2.29. The molecule has 0 aliphatic rings. The maximum Gasteiger partial charge on any atom is 0.354 e. The predicted molar refractivity (Wildman–Crippen MR) is 56.7 cm³/mol. The Morgan fingerprint density at radius 2 is 2.38 bits per heavy atom. The van der Waals surface area contributed by atoms with Gasteiger partial charge in [0, 0.05) is 12.6 Å². The maximum absolute atomic E-state index is 10.8. The van der Waals surface area contributed by atoms with E-state index in [0.29, 0.717) is 12.5 Å². The van der Waals surface area contributed by atoms with Gasteiger partial charge in [-0.25, -0.2) is 4.79 Å². The minimum Gasteiger partial charge on any atom is -0.477 e. The van der Waals surface area contributed by atoms with E-state index in [0.717, 1.165) is 3.70 Å². The summed E-state index contributed by atoms with van der Waals surface area (Å²) in [6, 6.07) is 1.57. The third-order valence-corrected chi connectivity index (χ3v) is 2.03. The lowest BCUT2D eigenvalue weighted by molar-refractivity contribution is 0.0682. The van der Waals surface area contributed by atoms with Gasteiger partial charge in [-0.3, -0.25) is 4.68 Å². The quantitative estimate of drug-likeness (QED) is 0.865. The molecule has 0 saturated heterocycles. The van der Waals surface area contributed by atoms with Crippen molar-refractivity contribution in [3.05, 3.63) is 15.5 Å².